The lowest BCUT2D eigenvalue weighted by molar-refractivity contribution is -0.228. The van der Waals surface area contributed by atoms with Gasteiger partial charge in [-0.3, -0.25) is 14.4 Å². The van der Waals surface area contributed by atoms with Gasteiger partial charge in [-0.2, -0.15) is 0 Å². The molecule has 8 nitrogen and oxygen atoms in total. The van der Waals surface area contributed by atoms with Crippen LogP contribution in [0.1, 0.15) is 40.5 Å². The molecular weight excluding hydrogens is 320 g/mol. The van der Waals surface area contributed by atoms with Crippen molar-refractivity contribution in [1.82, 2.24) is 0 Å². The van der Waals surface area contributed by atoms with Crippen LogP contribution in [0.15, 0.2) is 18.2 Å². The lowest BCUT2D eigenvalue weighted by Crippen LogP contribution is -2.75. The monoisotopic (exact) mass is 336 g/mol. The number of carbonyl (C=O) groups is 3. The molecule has 4 atom stereocenters. The Kier molecular flexibility index (Phi) is 3.52. The summed E-state index contributed by atoms with van der Waals surface area (Å²) in [4.78, 5) is 36.4. The van der Waals surface area contributed by atoms with Gasteiger partial charge in [-0.15, -0.1) is 0 Å². The first-order valence-electron chi connectivity index (χ1n) is 7.36. The number of carboxylic acid groups (broad SMARTS) is 1. The number of phenolic OH excluding ortho intramolecular Hbond substituents is 1. The smallest absolute Gasteiger partial charge is 0.305 e. The van der Waals surface area contributed by atoms with Crippen LogP contribution in [0, 0.1) is 0 Å². The molecule has 1 saturated heterocycles. The first-order chi connectivity index (χ1) is 11.1. The highest BCUT2D eigenvalue weighted by atomic mass is 16.5. The van der Waals surface area contributed by atoms with E-state index >= 15 is 0 Å². The maximum Gasteiger partial charge on any atom is 0.305 e. The number of phenols is 1. The number of aromatic hydroxyl groups is 1. The number of hydrogen-bond donors (Lipinski definition) is 4. The number of Topliss-reactive ketones (excluding diaryl/α,β-unsaturated/α-hetero) is 2. The summed E-state index contributed by atoms with van der Waals surface area (Å²) in [5.41, 5.74) is -5.72. The molecule has 128 valence electrons. The van der Waals surface area contributed by atoms with Gasteiger partial charge in [0.15, 0.2) is 17.0 Å². The number of ketones is 2. The molecule has 1 fully saturated rings. The van der Waals surface area contributed by atoms with Gasteiger partial charge in [0.05, 0.1) is 24.2 Å². The third-order valence-corrected chi connectivity index (χ3v) is 4.78. The summed E-state index contributed by atoms with van der Waals surface area (Å²) in [5, 5.41) is 40.6. The predicted molar refractivity (Wildman–Crippen MR) is 77.9 cm³/mol. The third kappa shape index (κ3) is 1.94. The molecule has 1 aromatic carbocycles. The molecule has 0 radical (unpaired) electrons. The lowest BCUT2D eigenvalue weighted by atomic mass is 9.61. The number of aliphatic hydroxyl groups is 2. The summed E-state index contributed by atoms with van der Waals surface area (Å²) in [5.74, 6) is -3.66. The molecule has 24 heavy (non-hydrogen) atoms. The van der Waals surface area contributed by atoms with E-state index in [9.17, 15) is 29.7 Å². The number of aliphatic carboxylic acids is 1. The van der Waals surface area contributed by atoms with E-state index < -0.39 is 59.5 Å². The van der Waals surface area contributed by atoms with E-state index in [1.807, 2.05) is 0 Å². The van der Waals surface area contributed by atoms with Crippen LogP contribution in [0.2, 0.25) is 0 Å². The Bertz CT molecular complexity index is 756. The fraction of sp³-hybridized carbons (Fsp3) is 0.438. The molecule has 0 spiro atoms. The van der Waals surface area contributed by atoms with Crippen molar-refractivity contribution in [3.63, 3.8) is 0 Å². The molecule has 1 heterocycles. The van der Waals surface area contributed by atoms with Gasteiger partial charge in [0, 0.05) is 12.0 Å². The summed E-state index contributed by atoms with van der Waals surface area (Å²) in [6.45, 7) is 1.27. The summed E-state index contributed by atoms with van der Waals surface area (Å²) in [7, 11) is 0. The van der Waals surface area contributed by atoms with Crippen LogP contribution in [0.3, 0.4) is 0 Å². The Morgan fingerprint density at radius 2 is 1.96 bits per heavy atom. The second-order valence-corrected chi connectivity index (χ2v) is 6.19. The van der Waals surface area contributed by atoms with E-state index in [4.69, 9.17) is 9.84 Å². The first kappa shape index (κ1) is 16.6. The molecule has 8 heteroatoms. The second-order valence-electron chi connectivity index (χ2n) is 6.19. The minimum atomic E-state index is -2.61. The zero-order chi connectivity index (χ0) is 17.9. The molecule has 0 bridgehead atoms. The number of carbonyl (C=O) groups excluding carboxylic acids is 2. The lowest BCUT2D eigenvalue weighted by Gasteiger charge is -2.52. The molecule has 2 aliphatic rings. The van der Waals surface area contributed by atoms with Crippen LogP contribution in [0.4, 0.5) is 0 Å². The quantitative estimate of drug-likeness (QED) is 0.586. The van der Waals surface area contributed by atoms with Crippen LogP contribution in [-0.4, -0.2) is 61.4 Å². The van der Waals surface area contributed by atoms with Crippen molar-refractivity contribution >= 4 is 17.5 Å². The van der Waals surface area contributed by atoms with E-state index in [1.54, 1.807) is 0 Å². The standard InChI is InChI=1S/C16H16O8/c1-7-16(23)14(21)12-9(3-2-4-10(12)17)13(20)15(16,22)6-8(24-7)5-11(18)19/h2-4,7-8,17,22-23H,5-6H2,1H3,(H,18,19)/t7-,8+,15+,16+/m0/s1. The molecule has 1 aliphatic carbocycles. The van der Waals surface area contributed by atoms with Gasteiger partial charge in [-0.05, 0) is 13.0 Å². The van der Waals surface area contributed by atoms with Crippen LogP contribution in [-0.2, 0) is 9.53 Å². The summed E-state index contributed by atoms with van der Waals surface area (Å²) in [6.07, 6.45) is -3.42. The Morgan fingerprint density at radius 3 is 2.58 bits per heavy atom. The molecule has 0 amide bonds. The average Bonchev–Trinajstić information content (AvgIpc) is 2.49. The number of carboxylic acids is 1. The molecule has 1 aliphatic heterocycles. The van der Waals surface area contributed by atoms with Crippen LogP contribution >= 0.6 is 0 Å². The zero-order valence-electron chi connectivity index (χ0n) is 12.7. The number of ether oxygens (including phenoxy) is 1. The SMILES string of the molecule is C[C@@H]1O[C@H](CC(=O)O)C[C@@]2(O)C(=O)c3cccc(O)c3C(=O)[C@]12O. The van der Waals surface area contributed by atoms with Gasteiger partial charge in [0.1, 0.15) is 5.75 Å². The molecule has 0 aromatic heterocycles. The Balaban J connectivity index is 2.18. The Hall–Kier alpha value is -2.29. The van der Waals surface area contributed by atoms with E-state index in [0.717, 1.165) is 0 Å². The molecular formula is C16H16O8. The average molecular weight is 336 g/mol. The molecule has 3 rings (SSSR count). The predicted octanol–water partition coefficient (Wildman–Crippen LogP) is -0.114. The maximum absolute atomic E-state index is 12.8. The summed E-state index contributed by atoms with van der Waals surface area (Å²) in [6, 6.07) is 3.79. The van der Waals surface area contributed by atoms with Crippen LogP contribution in [0.25, 0.3) is 0 Å². The summed E-state index contributed by atoms with van der Waals surface area (Å²) < 4.78 is 5.36. The maximum atomic E-state index is 12.8. The van der Waals surface area contributed by atoms with Gasteiger partial charge in [0.25, 0.3) is 0 Å². The van der Waals surface area contributed by atoms with Crippen molar-refractivity contribution < 1.29 is 39.5 Å². The van der Waals surface area contributed by atoms with E-state index in [1.165, 1.54) is 25.1 Å². The first-order valence-corrected chi connectivity index (χ1v) is 7.36. The number of benzene rings is 1. The van der Waals surface area contributed by atoms with E-state index in [2.05, 4.69) is 0 Å². The van der Waals surface area contributed by atoms with Gasteiger partial charge in [-0.1, -0.05) is 12.1 Å². The molecule has 1 aromatic rings. The normalized spacial score (nSPS) is 35.3. The van der Waals surface area contributed by atoms with Gasteiger partial charge >= 0.3 is 5.97 Å². The molecule has 0 unspecified atom stereocenters. The van der Waals surface area contributed by atoms with Crippen molar-refractivity contribution in [2.45, 2.75) is 43.2 Å². The van der Waals surface area contributed by atoms with Gasteiger partial charge < -0.3 is 25.2 Å². The van der Waals surface area contributed by atoms with Gasteiger partial charge in [0.2, 0.25) is 5.78 Å². The van der Waals surface area contributed by atoms with Crippen molar-refractivity contribution in [1.29, 1.82) is 0 Å². The molecule has 0 saturated carbocycles. The highest BCUT2D eigenvalue weighted by Gasteiger charge is 2.69. The van der Waals surface area contributed by atoms with E-state index in [0.29, 0.717) is 0 Å². The number of rotatable bonds is 2. The van der Waals surface area contributed by atoms with Crippen LogP contribution in [0.5, 0.6) is 5.75 Å². The van der Waals surface area contributed by atoms with Crippen molar-refractivity contribution in [3.05, 3.63) is 29.3 Å². The van der Waals surface area contributed by atoms with Crippen molar-refractivity contribution in [2.75, 3.05) is 0 Å². The minimum Gasteiger partial charge on any atom is -0.507 e. The Morgan fingerprint density at radius 1 is 1.29 bits per heavy atom. The number of fused-ring (bicyclic) bond motifs is 2. The minimum absolute atomic E-state index is 0.213. The van der Waals surface area contributed by atoms with E-state index in [-0.39, 0.29) is 11.1 Å². The fourth-order valence-electron chi connectivity index (χ4n) is 3.59. The fourth-order valence-corrected chi connectivity index (χ4v) is 3.59. The summed E-state index contributed by atoms with van der Waals surface area (Å²) >= 11 is 0. The van der Waals surface area contributed by atoms with Gasteiger partial charge in [-0.25, -0.2) is 0 Å². The topological polar surface area (TPSA) is 141 Å². The van der Waals surface area contributed by atoms with Crippen molar-refractivity contribution in [3.8, 4) is 5.75 Å². The molecule has 4 N–H and O–H groups in total. The highest BCUT2D eigenvalue weighted by molar-refractivity contribution is 6.23. The van der Waals surface area contributed by atoms with Crippen molar-refractivity contribution in [2.24, 2.45) is 0 Å². The third-order valence-electron chi connectivity index (χ3n) is 4.78. The number of hydrogen-bond acceptors (Lipinski definition) is 7. The Labute approximate surface area is 136 Å². The highest BCUT2D eigenvalue weighted by Crippen LogP contribution is 2.47. The van der Waals surface area contributed by atoms with Crippen LogP contribution < -0.4 is 0 Å². The zero-order valence-corrected chi connectivity index (χ0v) is 12.7. The second kappa shape index (κ2) is 5.10. The largest absolute Gasteiger partial charge is 0.507 e.